The average Bonchev–Trinajstić information content (AvgIpc) is 2.77. The van der Waals surface area contributed by atoms with Crippen molar-refractivity contribution in [2.24, 2.45) is 17.6 Å². The highest BCUT2D eigenvalue weighted by atomic mass is 16.3. The van der Waals surface area contributed by atoms with Crippen molar-refractivity contribution < 1.29 is 4.42 Å². The van der Waals surface area contributed by atoms with E-state index in [2.05, 4.69) is 30.9 Å². The smallest absolute Gasteiger partial charge is 0.118 e. The van der Waals surface area contributed by atoms with Crippen LogP contribution >= 0.6 is 0 Å². The van der Waals surface area contributed by atoms with E-state index in [4.69, 9.17) is 10.2 Å². The zero-order chi connectivity index (χ0) is 12.7. The third kappa shape index (κ3) is 2.34. The highest BCUT2D eigenvalue weighted by Crippen LogP contribution is 2.47. The predicted molar refractivity (Wildman–Crippen MR) is 72.3 cm³/mol. The van der Waals surface area contributed by atoms with Crippen molar-refractivity contribution in [3.63, 3.8) is 0 Å². The van der Waals surface area contributed by atoms with Crippen molar-refractivity contribution >= 4 is 0 Å². The summed E-state index contributed by atoms with van der Waals surface area (Å²) in [6, 6.07) is 4.96. The lowest BCUT2D eigenvalue weighted by Gasteiger charge is -2.19. The van der Waals surface area contributed by atoms with Gasteiger partial charge in [0.25, 0.3) is 0 Å². The molecule has 100 valence electrons. The van der Waals surface area contributed by atoms with Crippen molar-refractivity contribution in [1.29, 1.82) is 0 Å². The minimum atomic E-state index is 0.631. The van der Waals surface area contributed by atoms with Gasteiger partial charge in [0.15, 0.2) is 0 Å². The van der Waals surface area contributed by atoms with Gasteiger partial charge in [-0.05, 0) is 50.3 Å². The van der Waals surface area contributed by atoms with Gasteiger partial charge in [-0.25, -0.2) is 0 Å². The van der Waals surface area contributed by atoms with Crippen LogP contribution in [0.2, 0.25) is 0 Å². The van der Waals surface area contributed by atoms with E-state index in [9.17, 15) is 0 Å². The largest absolute Gasteiger partial charge is 0.464 e. The third-order valence-electron chi connectivity index (χ3n) is 4.64. The Bertz CT molecular complexity index is 414. The number of rotatable bonds is 4. The molecule has 2 N–H and O–H groups in total. The van der Waals surface area contributed by atoms with Crippen LogP contribution in [-0.4, -0.2) is 24.0 Å². The van der Waals surface area contributed by atoms with E-state index < -0.39 is 0 Å². The van der Waals surface area contributed by atoms with Crippen molar-refractivity contribution in [3.05, 3.63) is 23.7 Å². The molecule has 0 spiro atoms. The van der Waals surface area contributed by atoms with Crippen LogP contribution in [0.3, 0.4) is 0 Å². The molecule has 1 aromatic rings. The molecule has 4 unspecified atom stereocenters. The summed E-state index contributed by atoms with van der Waals surface area (Å²) in [5, 5.41) is 0. The molecule has 1 aliphatic carbocycles. The molecule has 0 bridgehead atoms. The minimum absolute atomic E-state index is 0.631. The molecule has 3 rings (SSSR count). The average molecular weight is 248 g/mol. The molecule has 0 radical (unpaired) electrons. The summed E-state index contributed by atoms with van der Waals surface area (Å²) in [5.41, 5.74) is 5.77. The minimum Gasteiger partial charge on any atom is -0.464 e. The fourth-order valence-electron chi connectivity index (χ4n) is 3.21. The lowest BCUT2D eigenvalue weighted by atomic mass is 10.1. The Morgan fingerprint density at radius 1 is 1.33 bits per heavy atom. The summed E-state index contributed by atoms with van der Waals surface area (Å²) >= 11 is 0. The maximum atomic E-state index is 5.98. The first-order valence-corrected chi connectivity index (χ1v) is 7.20. The zero-order valence-electron chi connectivity index (χ0n) is 11.4. The van der Waals surface area contributed by atoms with E-state index in [1.165, 1.54) is 18.6 Å². The number of likely N-dealkylation sites (tertiary alicyclic amines) is 1. The van der Waals surface area contributed by atoms with Crippen LogP contribution in [0, 0.1) is 11.8 Å². The van der Waals surface area contributed by atoms with E-state index in [1.54, 1.807) is 0 Å². The van der Waals surface area contributed by atoms with Crippen molar-refractivity contribution in [2.75, 3.05) is 13.1 Å². The van der Waals surface area contributed by atoms with Gasteiger partial charge in [-0.2, -0.15) is 0 Å². The highest BCUT2D eigenvalue weighted by Gasteiger charge is 2.37. The molecule has 3 heteroatoms. The van der Waals surface area contributed by atoms with Crippen LogP contribution < -0.4 is 5.73 Å². The number of nitrogens with zero attached hydrogens (tertiary/aromatic N) is 1. The number of hydrogen-bond acceptors (Lipinski definition) is 3. The molecule has 4 atom stereocenters. The molecule has 1 aromatic heterocycles. The second kappa shape index (κ2) is 4.71. The molecule has 2 fully saturated rings. The van der Waals surface area contributed by atoms with Crippen LogP contribution in [-0.2, 0) is 6.54 Å². The van der Waals surface area contributed by atoms with Crippen molar-refractivity contribution in [1.82, 2.24) is 4.90 Å². The summed E-state index contributed by atoms with van der Waals surface area (Å²) in [6.45, 7) is 7.46. The summed E-state index contributed by atoms with van der Waals surface area (Å²) in [5.74, 6) is 4.48. The molecule has 1 aliphatic heterocycles. The molecule has 2 aliphatic rings. The summed E-state index contributed by atoms with van der Waals surface area (Å²) in [6.07, 6.45) is 2.52. The van der Waals surface area contributed by atoms with E-state index in [1.807, 2.05) is 0 Å². The number of hydrogen-bond donors (Lipinski definition) is 1. The molecule has 0 amide bonds. The van der Waals surface area contributed by atoms with Gasteiger partial charge in [0.2, 0.25) is 0 Å². The fraction of sp³-hybridized carbons (Fsp3) is 0.733. The molecule has 2 heterocycles. The first-order valence-electron chi connectivity index (χ1n) is 7.20. The van der Waals surface area contributed by atoms with E-state index in [0.29, 0.717) is 17.9 Å². The Kier molecular flexibility index (Phi) is 3.20. The number of nitrogens with two attached hydrogens (primary N) is 1. The lowest BCUT2D eigenvalue weighted by Crippen LogP contribution is -2.27. The lowest BCUT2D eigenvalue weighted by molar-refractivity contribution is 0.232. The van der Waals surface area contributed by atoms with Gasteiger partial charge in [-0.1, -0.05) is 6.92 Å². The van der Waals surface area contributed by atoms with Crippen LogP contribution in [0.5, 0.6) is 0 Å². The first-order chi connectivity index (χ1) is 8.67. The van der Waals surface area contributed by atoms with Gasteiger partial charge in [-0.3, -0.25) is 4.90 Å². The number of furan rings is 1. The van der Waals surface area contributed by atoms with Gasteiger partial charge in [0.05, 0.1) is 6.54 Å². The molecule has 1 saturated carbocycles. The topological polar surface area (TPSA) is 42.4 Å². The van der Waals surface area contributed by atoms with Gasteiger partial charge in [0.1, 0.15) is 11.5 Å². The molecule has 3 nitrogen and oxygen atoms in total. The van der Waals surface area contributed by atoms with Crippen LogP contribution in [0.4, 0.5) is 0 Å². The third-order valence-corrected chi connectivity index (χ3v) is 4.64. The monoisotopic (exact) mass is 248 g/mol. The van der Waals surface area contributed by atoms with Crippen molar-refractivity contribution in [3.8, 4) is 0 Å². The SMILES string of the molecule is CC1CC1c1ccc(CN2CC(CN)CC2C)o1. The molecule has 1 saturated heterocycles. The Labute approximate surface area is 109 Å². The van der Waals surface area contributed by atoms with Gasteiger partial charge in [0, 0.05) is 18.5 Å². The quantitative estimate of drug-likeness (QED) is 0.890. The summed E-state index contributed by atoms with van der Waals surface area (Å²) < 4.78 is 5.98. The van der Waals surface area contributed by atoms with E-state index in [-0.39, 0.29) is 0 Å². The Balaban J connectivity index is 1.61. The van der Waals surface area contributed by atoms with Gasteiger partial charge >= 0.3 is 0 Å². The second-order valence-corrected chi connectivity index (χ2v) is 6.24. The first kappa shape index (κ1) is 12.2. The van der Waals surface area contributed by atoms with E-state index >= 15 is 0 Å². The van der Waals surface area contributed by atoms with Crippen LogP contribution in [0.15, 0.2) is 16.5 Å². The Hall–Kier alpha value is -0.800. The van der Waals surface area contributed by atoms with Gasteiger partial charge in [-0.15, -0.1) is 0 Å². The maximum Gasteiger partial charge on any atom is 0.118 e. The van der Waals surface area contributed by atoms with Crippen LogP contribution in [0.25, 0.3) is 0 Å². The molecule has 18 heavy (non-hydrogen) atoms. The molecular weight excluding hydrogens is 224 g/mol. The standard InChI is InChI=1S/C15H24N2O/c1-10-5-14(10)15-4-3-13(18-15)9-17-8-12(7-16)6-11(17)2/h3-4,10-12,14H,5-9,16H2,1-2H3. The van der Waals surface area contributed by atoms with Gasteiger partial charge < -0.3 is 10.2 Å². The Morgan fingerprint density at radius 3 is 2.72 bits per heavy atom. The van der Waals surface area contributed by atoms with Crippen molar-refractivity contribution in [2.45, 2.75) is 45.2 Å². The summed E-state index contributed by atoms with van der Waals surface area (Å²) in [4.78, 5) is 2.50. The molecule has 0 aromatic carbocycles. The fourth-order valence-corrected chi connectivity index (χ4v) is 3.21. The molecular formula is C15H24N2O. The van der Waals surface area contributed by atoms with E-state index in [0.717, 1.165) is 31.3 Å². The normalized spacial score (nSPS) is 36.2. The highest BCUT2D eigenvalue weighted by molar-refractivity contribution is 5.17. The van der Waals surface area contributed by atoms with Crippen LogP contribution in [0.1, 0.15) is 44.1 Å². The predicted octanol–water partition coefficient (Wildman–Crippen LogP) is 2.57. The maximum absolute atomic E-state index is 5.98. The Morgan fingerprint density at radius 2 is 2.11 bits per heavy atom. The zero-order valence-corrected chi connectivity index (χ0v) is 11.4. The second-order valence-electron chi connectivity index (χ2n) is 6.24. The summed E-state index contributed by atoms with van der Waals surface area (Å²) in [7, 11) is 0.